The number of nitrogens with zero attached hydrogens (tertiary/aromatic N) is 1. The van der Waals surface area contributed by atoms with Gasteiger partial charge < -0.3 is 16.6 Å². The van der Waals surface area contributed by atoms with Gasteiger partial charge in [-0.15, -0.1) is 0 Å². The minimum absolute atomic E-state index is 0.160. The lowest BCUT2D eigenvalue weighted by molar-refractivity contribution is -0.143. The van der Waals surface area contributed by atoms with Crippen LogP contribution in [-0.2, 0) is 4.79 Å². The molecule has 5 N–H and O–H groups in total. The SMILES string of the molecule is N#CCC(N)(CCCCN)C(=O)O. The molecule has 0 aliphatic heterocycles. The first-order chi connectivity index (χ1) is 6.06. The highest BCUT2D eigenvalue weighted by molar-refractivity contribution is 5.78. The predicted octanol–water partition coefficient (Wildman–Crippen LogP) is -0.189. The highest BCUT2D eigenvalue weighted by atomic mass is 16.4. The van der Waals surface area contributed by atoms with Crippen LogP contribution in [0.4, 0.5) is 0 Å². The lowest BCUT2D eigenvalue weighted by Gasteiger charge is -2.20. The molecule has 5 heteroatoms. The lowest BCUT2D eigenvalue weighted by Crippen LogP contribution is -2.47. The van der Waals surface area contributed by atoms with Crippen molar-refractivity contribution in [2.75, 3.05) is 6.54 Å². The van der Waals surface area contributed by atoms with Gasteiger partial charge in [-0.25, -0.2) is 0 Å². The molecular weight excluding hydrogens is 170 g/mol. The highest BCUT2D eigenvalue weighted by Gasteiger charge is 2.32. The molecule has 0 rings (SSSR count). The summed E-state index contributed by atoms with van der Waals surface area (Å²) in [5.41, 5.74) is 9.39. The van der Waals surface area contributed by atoms with Crippen molar-refractivity contribution in [2.24, 2.45) is 11.5 Å². The average Bonchev–Trinajstić information content (AvgIpc) is 2.05. The Kier molecular flexibility index (Phi) is 5.04. The van der Waals surface area contributed by atoms with Crippen LogP contribution in [0.15, 0.2) is 0 Å². The normalized spacial score (nSPS) is 14.5. The standard InChI is InChI=1S/C8H15N3O2/c9-5-2-1-3-8(11,4-6-10)7(12)13/h1-5,9,11H2,(H,12,13). The minimum Gasteiger partial charge on any atom is -0.480 e. The maximum absolute atomic E-state index is 10.7. The van der Waals surface area contributed by atoms with E-state index in [0.717, 1.165) is 6.42 Å². The highest BCUT2D eigenvalue weighted by Crippen LogP contribution is 2.15. The molecule has 0 radical (unpaired) electrons. The second kappa shape index (κ2) is 5.51. The molecular formula is C8H15N3O2. The molecule has 0 bridgehead atoms. The summed E-state index contributed by atoms with van der Waals surface area (Å²) < 4.78 is 0. The van der Waals surface area contributed by atoms with Gasteiger partial charge in [0.2, 0.25) is 0 Å². The van der Waals surface area contributed by atoms with E-state index in [1.165, 1.54) is 0 Å². The quantitative estimate of drug-likeness (QED) is 0.496. The van der Waals surface area contributed by atoms with Crippen molar-refractivity contribution in [3.8, 4) is 6.07 Å². The number of carboxylic acid groups (broad SMARTS) is 1. The Balaban J connectivity index is 4.10. The van der Waals surface area contributed by atoms with Gasteiger partial charge in [-0.05, 0) is 25.8 Å². The topological polar surface area (TPSA) is 113 Å². The summed E-state index contributed by atoms with van der Waals surface area (Å²) in [6.45, 7) is 0.516. The van der Waals surface area contributed by atoms with Gasteiger partial charge in [0.1, 0.15) is 5.54 Å². The molecule has 74 valence electrons. The number of hydrogen-bond donors (Lipinski definition) is 3. The van der Waals surface area contributed by atoms with Crippen LogP contribution in [0.3, 0.4) is 0 Å². The molecule has 0 fully saturated rings. The zero-order valence-corrected chi connectivity index (χ0v) is 7.49. The van der Waals surface area contributed by atoms with Crippen LogP contribution in [0.2, 0.25) is 0 Å². The second-order valence-corrected chi connectivity index (χ2v) is 3.04. The van der Waals surface area contributed by atoms with Crippen molar-refractivity contribution >= 4 is 5.97 Å². The number of hydrogen-bond acceptors (Lipinski definition) is 4. The molecule has 1 atom stereocenters. The van der Waals surface area contributed by atoms with Crippen LogP contribution in [0.1, 0.15) is 25.7 Å². The first-order valence-electron chi connectivity index (χ1n) is 4.16. The Bertz CT molecular complexity index is 212. The molecule has 0 aromatic carbocycles. The Labute approximate surface area is 77.3 Å². The monoisotopic (exact) mass is 185 g/mol. The molecule has 0 aromatic rings. The molecule has 0 spiro atoms. The summed E-state index contributed by atoms with van der Waals surface area (Å²) >= 11 is 0. The zero-order valence-electron chi connectivity index (χ0n) is 7.49. The van der Waals surface area contributed by atoms with Gasteiger partial charge in [-0.1, -0.05) is 0 Å². The molecule has 0 amide bonds. The smallest absolute Gasteiger partial charge is 0.324 e. The maximum atomic E-state index is 10.7. The number of rotatable bonds is 6. The number of unbranched alkanes of at least 4 members (excludes halogenated alkanes) is 1. The van der Waals surface area contributed by atoms with Crippen molar-refractivity contribution in [1.29, 1.82) is 5.26 Å². The maximum Gasteiger partial charge on any atom is 0.324 e. The Morgan fingerprint density at radius 2 is 2.15 bits per heavy atom. The Hall–Kier alpha value is -1.12. The average molecular weight is 185 g/mol. The molecule has 5 nitrogen and oxygen atoms in total. The predicted molar refractivity (Wildman–Crippen MR) is 47.7 cm³/mol. The van der Waals surface area contributed by atoms with E-state index in [9.17, 15) is 4.79 Å². The minimum atomic E-state index is -1.40. The molecule has 0 saturated heterocycles. The number of nitrogens with two attached hydrogens (primary N) is 2. The summed E-state index contributed by atoms with van der Waals surface area (Å²) in [5, 5.41) is 17.1. The van der Waals surface area contributed by atoms with Gasteiger partial charge >= 0.3 is 5.97 Å². The molecule has 0 aliphatic carbocycles. The summed E-state index contributed by atoms with van der Waals surface area (Å²) in [4.78, 5) is 10.7. The van der Waals surface area contributed by atoms with E-state index in [1.54, 1.807) is 6.07 Å². The van der Waals surface area contributed by atoms with Crippen molar-refractivity contribution in [3.63, 3.8) is 0 Å². The summed E-state index contributed by atoms with van der Waals surface area (Å²) in [5.74, 6) is -1.12. The van der Waals surface area contributed by atoms with Crippen LogP contribution in [0.5, 0.6) is 0 Å². The van der Waals surface area contributed by atoms with Crippen molar-refractivity contribution in [2.45, 2.75) is 31.2 Å². The summed E-state index contributed by atoms with van der Waals surface area (Å²) in [6.07, 6.45) is 1.51. The van der Waals surface area contributed by atoms with Crippen molar-refractivity contribution in [1.82, 2.24) is 0 Å². The van der Waals surface area contributed by atoms with Crippen LogP contribution < -0.4 is 11.5 Å². The van der Waals surface area contributed by atoms with E-state index >= 15 is 0 Å². The number of aliphatic carboxylic acids is 1. The van der Waals surface area contributed by atoms with Crippen LogP contribution in [0, 0.1) is 11.3 Å². The molecule has 0 aromatic heterocycles. The molecule has 0 heterocycles. The van der Waals surface area contributed by atoms with Gasteiger partial charge in [0.25, 0.3) is 0 Å². The van der Waals surface area contributed by atoms with Gasteiger partial charge in [-0.2, -0.15) is 5.26 Å². The molecule has 1 unspecified atom stereocenters. The first kappa shape index (κ1) is 11.9. The third kappa shape index (κ3) is 3.87. The van der Waals surface area contributed by atoms with Gasteiger partial charge in [0.15, 0.2) is 0 Å². The van der Waals surface area contributed by atoms with E-state index < -0.39 is 11.5 Å². The fourth-order valence-corrected chi connectivity index (χ4v) is 0.997. The number of carboxylic acids is 1. The number of nitriles is 1. The Morgan fingerprint density at radius 3 is 2.54 bits per heavy atom. The zero-order chi connectivity index (χ0) is 10.3. The van der Waals surface area contributed by atoms with Gasteiger partial charge in [0, 0.05) is 0 Å². The molecule has 13 heavy (non-hydrogen) atoms. The number of carbonyl (C=O) groups is 1. The van der Waals surface area contributed by atoms with Gasteiger partial charge in [-0.3, -0.25) is 4.79 Å². The van der Waals surface area contributed by atoms with Crippen LogP contribution >= 0.6 is 0 Å². The first-order valence-corrected chi connectivity index (χ1v) is 4.16. The van der Waals surface area contributed by atoms with Crippen molar-refractivity contribution < 1.29 is 9.90 Å². The second-order valence-electron chi connectivity index (χ2n) is 3.04. The third-order valence-electron chi connectivity index (χ3n) is 1.90. The van der Waals surface area contributed by atoms with Gasteiger partial charge in [0.05, 0.1) is 12.5 Å². The van der Waals surface area contributed by atoms with E-state index in [1.807, 2.05) is 0 Å². The molecule has 0 saturated carbocycles. The lowest BCUT2D eigenvalue weighted by atomic mass is 9.91. The van der Waals surface area contributed by atoms with Crippen LogP contribution in [0.25, 0.3) is 0 Å². The van der Waals surface area contributed by atoms with E-state index in [0.29, 0.717) is 19.4 Å². The summed E-state index contributed by atoms with van der Waals surface area (Å²) in [6, 6.07) is 1.78. The van der Waals surface area contributed by atoms with Crippen LogP contribution in [-0.4, -0.2) is 23.2 Å². The fourth-order valence-electron chi connectivity index (χ4n) is 0.997. The molecule has 0 aliphatic rings. The van der Waals surface area contributed by atoms with E-state index in [-0.39, 0.29) is 6.42 Å². The fraction of sp³-hybridized carbons (Fsp3) is 0.750. The van der Waals surface area contributed by atoms with E-state index in [4.69, 9.17) is 21.8 Å². The largest absolute Gasteiger partial charge is 0.480 e. The third-order valence-corrected chi connectivity index (χ3v) is 1.90. The van der Waals surface area contributed by atoms with Crippen molar-refractivity contribution in [3.05, 3.63) is 0 Å². The Morgan fingerprint density at radius 1 is 1.54 bits per heavy atom. The van der Waals surface area contributed by atoms with E-state index in [2.05, 4.69) is 0 Å². The summed E-state index contributed by atoms with van der Waals surface area (Å²) in [7, 11) is 0.